The summed E-state index contributed by atoms with van der Waals surface area (Å²) >= 11 is 0. The predicted molar refractivity (Wildman–Crippen MR) is 77.5 cm³/mol. The van der Waals surface area contributed by atoms with Crippen molar-refractivity contribution in [2.24, 2.45) is 7.05 Å². The molecule has 0 aliphatic carbocycles. The SMILES string of the molecule is Cn1cc(CC(=O)NCCOCCO)c2ccccc21. The number of carbonyl (C=O) groups is 1. The summed E-state index contributed by atoms with van der Waals surface area (Å²) in [6.45, 7) is 1.19. The Morgan fingerprint density at radius 1 is 1.35 bits per heavy atom. The number of nitrogens with one attached hydrogen (secondary N) is 1. The largest absolute Gasteiger partial charge is 0.394 e. The third kappa shape index (κ3) is 3.59. The zero-order valence-corrected chi connectivity index (χ0v) is 11.6. The van der Waals surface area contributed by atoms with Gasteiger partial charge in [-0.3, -0.25) is 4.79 Å². The molecule has 0 aliphatic heterocycles. The van der Waals surface area contributed by atoms with Crippen LogP contribution >= 0.6 is 0 Å². The summed E-state index contributed by atoms with van der Waals surface area (Å²) < 4.78 is 7.12. The lowest BCUT2D eigenvalue weighted by Crippen LogP contribution is -2.28. The summed E-state index contributed by atoms with van der Waals surface area (Å²) in [6.07, 6.45) is 2.36. The molecule has 0 spiro atoms. The van der Waals surface area contributed by atoms with Crippen molar-refractivity contribution in [3.05, 3.63) is 36.0 Å². The van der Waals surface area contributed by atoms with E-state index in [1.807, 2.05) is 42.1 Å². The van der Waals surface area contributed by atoms with Crippen LogP contribution in [0.25, 0.3) is 10.9 Å². The maximum Gasteiger partial charge on any atom is 0.224 e. The normalized spacial score (nSPS) is 10.9. The van der Waals surface area contributed by atoms with Crippen molar-refractivity contribution in [3.8, 4) is 0 Å². The van der Waals surface area contributed by atoms with Crippen LogP contribution < -0.4 is 5.32 Å². The highest BCUT2D eigenvalue weighted by Gasteiger charge is 2.09. The molecule has 5 nitrogen and oxygen atoms in total. The number of benzene rings is 1. The molecule has 2 N–H and O–H groups in total. The third-order valence-electron chi connectivity index (χ3n) is 3.13. The maximum atomic E-state index is 11.9. The van der Waals surface area contributed by atoms with Crippen molar-refractivity contribution in [2.45, 2.75) is 6.42 Å². The number of hydrogen-bond donors (Lipinski definition) is 2. The Hall–Kier alpha value is -1.85. The minimum absolute atomic E-state index is 0.00392. The van der Waals surface area contributed by atoms with Gasteiger partial charge in [-0.1, -0.05) is 18.2 Å². The monoisotopic (exact) mass is 276 g/mol. The second-order valence-electron chi connectivity index (χ2n) is 4.65. The van der Waals surface area contributed by atoms with E-state index in [0.29, 0.717) is 26.2 Å². The molecule has 0 bridgehead atoms. The number of nitrogens with zero attached hydrogens (tertiary/aromatic N) is 1. The molecule has 0 saturated carbocycles. The number of carbonyl (C=O) groups excluding carboxylic acids is 1. The molecule has 0 fully saturated rings. The number of fused-ring (bicyclic) bond motifs is 1. The van der Waals surface area contributed by atoms with Crippen LogP contribution in [0.5, 0.6) is 0 Å². The lowest BCUT2D eigenvalue weighted by Gasteiger charge is -2.05. The van der Waals surface area contributed by atoms with Gasteiger partial charge >= 0.3 is 0 Å². The summed E-state index contributed by atoms with van der Waals surface area (Å²) in [5.41, 5.74) is 2.15. The summed E-state index contributed by atoms with van der Waals surface area (Å²) in [5.74, 6) is -0.0195. The second kappa shape index (κ2) is 7.07. The molecular formula is C15H20N2O3. The molecular weight excluding hydrogens is 256 g/mol. The average molecular weight is 276 g/mol. The van der Waals surface area contributed by atoms with Gasteiger partial charge in [-0.25, -0.2) is 0 Å². The number of aryl methyl sites for hydroxylation is 1. The van der Waals surface area contributed by atoms with Crippen LogP contribution in [0, 0.1) is 0 Å². The minimum atomic E-state index is -0.0195. The van der Waals surface area contributed by atoms with Crippen molar-refractivity contribution < 1.29 is 14.6 Å². The zero-order valence-electron chi connectivity index (χ0n) is 11.6. The molecule has 0 unspecified atom stereocenters. The second-order valence-corrected chi connectivity index (χ2v) is 4.65. The Labute approximate surface area is 118 Å². The van der Waals surface area contributed by atoms with Gasteiger partial charge in [-0.2, -0.15) is 0 Å². The number of aromatic nitrogens is 1. The van der Waals surface area contributed by atoms with Gasteiger partial charge in [0.2, 0.25) is 5.91 Å². The summed E-state index contributed by atoms with van der Waals surface area (Å²) in [6, 6.07) is 8.04. The molecule has 0 saturated heterocycles. The van der Waals surface area contributed by atoms with Crippen LogP contribution in [0.1, 0.15) is 5.56 Å². The van der Waals surface area contributed by atoms with E-state index < -0.39 is 0 Å². The molecule has 1 amide bonds. The smallest absolute Gasteiger partial charge is 0.224 e. The third-order valence-corrected chi connectivity index (χ3v) is 3.13. The number of hydrogen-bond acceptors (Lipinski definition) is 3. The van der Waals surface area contributed by atoms with E-state index in [1.54, 1.807) is 0 Å². The molecule has 5 heteroatoms. The van der Waals surface area contributed by atoms with Crippen LogP contribution in [0.3, 0.4) is 0 Å². The van der Waals surface area contributed by atoms with E-state index in [4.69, 9.17) is 9.84 Å². The number of ether oxygens (including phenoxy) is 1. The Morgan fingerprint density at radius 2 is 2.15 bits per heavy atom. The van der Waals surface area contributed by atoms with Crippen molar-refractivity contribution in [2.75, 3.05) is 26.4 Å². The van der Waals surface area contributed by atoms with Crippen LogP contribution in [0.15, 0.2) is 30.5 Å². The van der Waals surface area contributed by atoms with E-state index in [0.717, 1.165) is 16.5 Å². The molecule has 1 heterocycles. The van der Waals surface area contributed by atoms with Crippen LogP contribution in [0.2, 0.25) is 0 Å². The standard InChI is InChI=1S/C15H20N2O3/c1-17-11-12(13-4-2-3-5-14(13)17)10-15(19)16-6-8-20-9-7-18/h2-5,11,18H,6-10H2,1H3,(H,16,19). The van der Waals surface area contributed by atoms with Gasteiger partial charge in [0, 0.05) is 30.7 Å². The van der Waals surface area contributed by atoms with E-state index in [2.05, 4.69) is 5.32 Å². The van der Waals surface area contributed by atoms with E-state index in [9.17, 15) is 4.79 Å². The molecule has 1 aromatic heterocycles. The quantitative estimate of drug-likeness (QED) is 0.737. The first kappa shape index (κ1) is 14.6. The summed E-state index contributed by atoms with van der Waals surface area (Å²) in [5, 5.41) is 12.5. The van der Waals surface area contributed by atoms with E-state index in [-0.39, 0.29) is 12.5 Å². The Balaban J connectivity index is 1.90. The fraction of sp³-hybridized carbons (Fsp3) is 0.400. The van der Waals surface area contributed by atoms with Crippen LogP contribution in [-0.2, 0) is 23.0 Å². The Kier molecular flexibility index (Phi) is 5.15. The van der Waals surface area contributed by atoms with Gasteiger partial charge in [-0.15, -0.1) is 0 Å². The molecule has 20 heavy (non-hydrogen) atoms. The van der Waals surface area contributed by atoms with Crippen LogP contribution in [0.4, 0.5) is 0 Å². The van der Waals surface area contributed by atoms with Crippen molar-refractivity contribution >= 4 is 16.8 Å². The van der Waals surface area contributed by atoms with Gasteiger partial charge < -0.3 is 19.7 Å². The number of amides is 1. The highest BCUT2D eigenvalue weighted by Crippen LogP contribution is 2.20. The number of para-hydroxylation sites is 1. The number of aliphatic hydroxyl groups excluding tert-OH is 1. The predicted octanol–water partition coefficient (Wildman–Crippen LogP) is 0.846. The molecule has 2 rings (SSSR count). The highest BCUT2D eigenvalue weighted by atomic mass is 16.5. The lowest BCUT2D eigenvalue weighted by atomic mass is 10.1. The topological polar surface area (TPSA) is 63.5 Å². The summed E-state index contributed by atoms with van der Waals surface area (Å²) in [4.78, 5) is 11.9. The Bertz CT molecular complexity index is 578. The Morgan fingerprint density at radius 3 is 2.95 bits per heavy atom. The fourth-order valence-corrected chi connectivity index (χ4v) is 2.23. The van der Waals surface area contributed by atoms with Gasteiger partial charge in [0.05, 0.1) is 26.2 Å². The molecule has 0 atom stereocenters. The van der Waals surface area contributed by atoms with Gasteiger partial charge in [0.1, 0.15) is 0 Å². The van der Waals surface area contributed by atoms with E-state index in [1.165, 1.54) is 0 Å². The van der Waals surface area contributed by atoms with Gasteiger partial charge in [0.25, 0.3) is 0 Å². The molecule has 0 radical (unpaired) electrons. The number of aliphatic hydroxyl groups is 1. The summed E-state index contributed by atoms with van der Waals surface area (Å²) in [7, 11) is 1.98. The molecule has 2 aromatic rings. The highest BCUT2D eigenvalue weighted by molar-refractivity contribution is 5.89. The first-order valence-corrected chi connectivity index (χ1v) is 6.70. The fourth-order valence-electron chi connectivity index (χ4n) is 2.23. The van der Waals surface area contributed by atoms with E-state index >= 15 is 0 Å². The first-order valence-electron chi connectivity index (χ1n) is 6.70. The molecule has 1 aromatic carbocycles. The first-order chi connectivity index (χ1) is 9.72. The van der Waals surface area contributed by atoms with Gasteiger partial charge in [-0.05, 0) is 11.6 Å². The van der Waals surface area contributed by atoms with Crippen molar-refractivity contribution in [3.63, 3.8) is 0 Å². The zero-order chi connectivity index (χ0) is 14.4. The molecule has 108 valence electrons. The van der Waals surface area contributed by atoms with Gasteiger partial charge in [0.15, 0.2) is 0 Å². The molecule has 0 aliphatic rings. The lowest BCUT2D eigenvalue weighted by molar-refractivity contribution is -0.120. The number of rotatable bonds is 7. The minimum Gasteiger partial charge on any atom is -0.394 e. The average Bonchev–Trinajstić information content (AvgIpc) is 2.76. The van der Waals surface area contributed by atoms with Crippen LogP contribution in [-0.4, -0.2) is 41.9 Å². The maximum absolute atomic E-state index is 11.9. The van der Waals surface area contributed by atoms with Crippen molar-refractivity contribution in [1.82, 2.24) is 9.88 Å². The van der Waals surface area contributed by atoms with Crippen molar-refractivity contribution in [1.29, 1.82) is 0 Å².